The van der Waals surface area contributed by atoms with Gasteiger partial charge in [-0.25, -0.2) is 0 Å². The third-order valence-corrected chi connectivity index (χ3v) is 3.23. The molecule has 16 heavy (non-hydrogen) atoms. The lowest BCUT2D eigenvalue weighted by Gasteiger charge is -2.11. The van der Waals surface area contributed by atoms with Gasteiger partial charge in [-0.1, -0.05) is 0 Å². The third-order valence-electron chi connectivity index (χ3n) is 2.21. The minimum absolute atomic E-state index is 0.679. The Balaban J connectivity index is 2.32. The molecule has 1 aromatic heterocycles. The van der Waals surface area contributed by atoms with Gasteiger partial charge in [0, 0.05) is 25.6 Å². The summed E-state index contributed by atoms with van der Waals surface area (Å²) in [5, 5.41) is 8.54. The molecule has 5 heteroatoms. The summed E-state index contributed by atoms with van der Waals surface area (Å²) < 4.78 is 4.96. The number of nitrogens with one attached hydrogen (secondary N) is 2. The van der Waals surface area contributed by atoms with E-state index in [4.69, 9.17) is 4.74 Å². The maximum absolute atomic E-state index is 4.96. The van der Waals surface area contributed by atoms with Crippen LogP contribution in [0.5, 0.6) is 0 Å². The number of hydrogen-bond acceptors (Lipinski definition) is 3. The fourth-order valence-electron chi connectivity index (χ4n) is 1.24. The molecule has 0 unspecified atom stereocenters. The first-order valence-corrected chi connectivity index (χ1v) is 6.12. The Labute approximate surface area is 101 Å². The van der Waals surface area contributed by atoms with Gasteiger partial charge in [-0.15, -0.1) is 11.3 Å². The summed E-state index contributed by atoms with van der Waals surface area (Å²) in [5.74, 6) is 0.810. The number of hydrogen-bond donors (Lipinski definition) is 2. The molecule has 0 fully saturated rings. The zero-order valence-electron chi connectivity index (χ0n) is 10.0. The lowest BCUT2D eigenvalue weighted by molar-refractivity contribution is 0.203. The fourth-order valence-corrected chi connectivity index (χ4v) is 2.09. The van der Waals surface area contributed by atoms with Crippen LogP contribution in [0, 0.1) is 6.92 Å². The first kappa shape index (κ1) is 13.0. The van der Waals surface area contributed by atoms with Gasteiger partial charge in [0.2, 0.25) is 0 Å². The van der Waals surface area contributed by atoms with Crippen molar-refractivity contribution >= 4 is 17.3 Å². The molecule has 1 heterocycles. The molecule has 0 amide bonds. The summed E-state index contributed by atoms with van der Waals surface area (Å²) in [5.41, 5.74) is 1.32. The van der Waals surface area contributed by atoms with Crippen molar-refractivity contribution < 1.29 is 4.74 Å². The van der Waals surface area contributed by atoms with Crippen molar-refractivity contribution in [1.82, 2.24) is 10.6 Å². The van der Waals surface area contributed by atoms with Gasteiger partial charge in [0.25, 0.3) is 0 Å². The molecule has 0 radical (unpaired) electrons. The highest BCUT2D eigenvalue weighted by Crippen LogP contribution is 2.14. The summed E-state index contributed by atoms with van der Waals surface area (Å²) in [4.78, 5) is 5.47. The molecule has 1 aromatic rings. The second kappa shape index (κ2) is 7.24. The Bertz CT molecular complexity index is 336. The molecule has 90 valence electrons. The van der Waals surface area contributed by atoms with E-state index in [2.05, 4.69) is 34.0 Å². The summed E-state index contributed by atoms with van der Waals surface area (Å²) in [6, 6.07) is 2.13. The van der Waals surface area contributed by atoms with E-state index in [1.54, 1.807) is 25.5 Å². The molecule has 0 aliphatic rings. The van der Waals surface area contributed by atoms with Gasteiger partial charge < -0.3 is 15.4 Å². The number of methoxy groups -OCH3 is 1. The van der Waals surface area contributed by atoms with Crippen molar-refractivity contribution in [3.05, 3.63) is 21.9 Å². The zero-order chi connectivity index (χ0) is 11.8. The molecule has 0 aromatic carbocycles. The molecule has 1 rings (SSSR count). The topological polar surface area (TPSA) is 45.7 Å². The average molecular weight is 241 g/mol. The van der Waals surface area contributed by atoms with E-state index in [9.17, 15) is 0 Å². The van der Waals surface area contributed by atoms with Crippen LogP contribution in [0.3, 0.4) is 0 Å². The van der Waals surface area contributed by atoms with Gasteiger partial charge >= 0.3 is 0 Å². The van der Waals surface area contributed by atoms with Crippen LogP contribution in [0.15, 0.2) is 16.4 Å². The zero-order valence-corrected chi connectivity index (χ0v) is 10.9. The van der Waals surface area contributed by atoms with Crippen LogP contribution < -0.4 is 10.6 Å². The molecule has 0 aliphatic heterocycles. The third kappa shape index (κ3) is 4.20. The van der Waals surface area contributed by atoms with Crippen LogP contribution in [0.1, 0.15) is 10.4 Å². The number of nitrogens with zero attached hydrogens (tertiary/aromatic N) is 1. The van der Waals surface area contributed by atoms with E-state index in [0.29, 0.717) is 6.61 Å². The molecule has 0 spiro atoms. The van der Waals surface area contributed by atoms with E-state index in [0.717, 1.165) is 19.0 Å². The Morgan fingerprint density at radius 1 is 1.50 bits per heavy atom. The molecule has 0 bridgehead atoms. The van der Waals surface area contributed by atoms with E-state index < -0.39 is 0 Å². The molecular formula is C11H19N3OS. The van der Waals surface area contributed by atoms with Crippen LogP contribution in [0.4, 0.5) is 0 Å². The molecule has 0 aliphatic carbocycles. The van der Waals surface area contributed by atoms with Crippen molar-refractivity contribution in [1.29, 1.82) is 0 Å². The van der Waals surface area contributed by atoms with Crippen LogP contribution in [-0.4, -0.2) is 33.3 Å². The van der Waals surface area contributed by atoms with E-state index in [1.165, 1.54) is 10.4 Å². The molecular weight excluding hydrogens is 222 g/mol. The minimum atomic E-state index is 0.679. The van der Waals surface area contributed by atoms with Gasteiger partial charge in [0.1, 0.15) is 0 Å². The Kier molecular flexibility index (Phi) is 5.88. The Morgan fingerprint density at radius 2 is 2.31 bits per heavy atom. The summed E-state index contributed by atoms with van der Waals surface area (Å²) in [6.07, 6.45) is 0. The van der Waals surface area contributed by atoms with Crippen molar-refractivity contribution in [2.45, 2.75) is 13.5 Å². The van der Waals surface area contributed by atoms with Crippen molar-refractivity contribution in [2.75, 3.05) is 27.3 Å². The number of aryl methyl sites for hydroxylation is 1. The largest absolute Gasteiger partial charge is 0.383 e. The summed E-state index contributed by atoms with van der Waals surface area (Å²) >= 11 is 1.76. The van der Waals surface area contributed by atoms with E-state index >= 15 is 0 Å². The van der Waals surface area contributed by atoms with Crippen LogP contribution in [0.2, 0.25) is 0 Å². The van der Waals surface area contributed by atoms with Crippen molar-refractivity contribution in [3.63, 3.8) is 0 Å². The number of rotatable bonds is 5. The van der Waals surface area contributed by atoms with Crippen LogP contribution >= 0.6 is 11.3 Å². The monoisotopic (exact) mass is 241 g/mol. The number of ether oxygens (including phenoxy) is 1. The first-order chi connectivity index (χ1) is 7.77. The Morgan fingerprint density at radius 3 is 2.88 bits per heavy atom. The molecule has 0 atom stereocenters. The van der Waals surface area contributed by atoms with Crippen LogP contribution in [0.25, 0.3) is 0 Å². The van der Waals surface area contributed by atoms with Gasteiger partial charge in [-0.2, -0.15) is 0 Å². The van der Waals surface area contributed by atoms with E-state index in [1.807, 2.05) is 0 Å². The van der Waals surface area contributed by atoms with Gasteiger partial charge in [0.15, 0.2) is 5.96 Å². The highest BCUT2D eigenvalue weighted by atomic mass is 32.1. The highest BCUT2D eigenvalue weighted by molar-refractivity contribution is 7.10. The van der Waals surface area contributed by atoms with E-state index in [-0.39, 0.29) is 0 Å². The number of guanidine groups is 1. The van der Waals surface area contributed by atoms with Gasteiger partial charge in [-0.05, 0) is 23.9 Å². The molecule has 0 saturated carbocycles. The first-order valence-electron chi connectivity index (χ1n) is 5.24. The predicted molar refractivity (Wildman–Crippen MR) is 69.1 cm³/mol. The predicted octanol–water partition coefficient (Wildman–Crippen LogP) is 1.37. The van der Waals surface area contributed by atoms with Crippen LogP contribution in [-0.2, 0) is 11.3 Å². The highest BCUT2D eigenvalue weighted by Gasteiger charge is 2.01. The fraction of sp³-hybridized carbons (Fsp3) is 0.545. The number of aliphatic imine (C=N–C) groups is 1. The van der Waals surface area contributed by atoms with Gasteiger partial charge in [0.05, 0.1) is 13.2 Å². The second-order valence-electron chi connectivity index (χ2n) is 3.37. The normalized spacial score (nSPS) is 11.6. The second-order valence-corrected chi connectivity index (χ2v) is 4.37. The lowest BCUT2D eigenvalue weighted by Crippen LogP contribution is -2.38. The summed E-state index contributed by atoms with van der Waals surface area (Å²) in [7, 11) is 3.45. The lowest BCUT2D eigenvalue weighted by atomic mass is 10.3. The average Bonchev–Trinajstić information content (AvgIpc) is 2.69. The summed E-state index contributed by atoms with van der Waals surface area (Å²) in [6.45, 7) is 4.38. The van der Waals surface area contributed by atoms with Gasteiger partial charge in [-0.3, -0.25) is 4.99 Å². The smallest absolute Gasteiger partial charge is 0.191 e. The number of thiophene rings is 1. The quantitative estimate of drug-likeness (QED) is 0.465. The molecule has 0 saturated heterocycles. The van der Waals surface area contributed by atoms with Crippen molar-refractivity contribution in [3.8, 4) is 0 Å². The van der Waals surface area contributed by atoms with Crippen molar-refractivity contribution in [2.24, 2.45) is 4.99 Å². The standard InChI is InChI=1S/C11H19N3OS/c1-9-4-7-16-10(9)8-14-11(12-2)13-5-6-15-3/h4,7H,5-6,8H2,1-3H3,(H2,12,13,14). The Hall–Kier alpha value is -1.07. The maximum Gasteiger partial charge on any atom is 0.191 e. The maximum atomic E-state index is 4.96. The SMILES string of the molecule is CN=C(NCCOC)NCc1sccc1C. The molecule has 4 nitrogen and oxygen atoms in total. The minimum Gasteiger partial charge on any atom is -0.383 e. The molecule has 2 N–H and O–H groups in total.